The standard InChI is InChI=1S/C9H12N2O/c10-8-2-1-3-9(11)7(8)4-6-5-12-6/h1-3,6H,4-5,10-11H2. The zero-order chi connectivity index (χ0) is 8.55. The maximum Gasteiger partial charge on any atom is 0.0851 e. The molecule has 1 saturated heterocycles. The highest BCUT2D eigenvalue weighted by atomic mass is 16.6. The summed E-state index contributed by atoms with van der Waals surface area (Å²) in [5.74, 6) is 0. The molecule has 1 aromatic rings. The van der Waals surface area contributed by atoms with Crippen molar-refractivity contribution in [2.45, 2.75) is 12.5 Å². The minimum atomic E-state index is 0.344. The number of hydrogen-bond donors (Lipinski definition) is 2. The van der Waals surface area contributed by atoms with Gasteiger partial charge in [0.1, 0.15) is 0 Å². The molecule has 0 saturated carbocycles. The summed E-state index contributed by atoms with van der Waals surface area (Å²) in [5.41, 5.74) is 14.1. The van der Waals surface area contributed by atoms with Crippen molar-refractivity contribution in [3.63, 3.8) is 0 Å². The summed E-state index contributed by atoms with van der Waals surface area (Å²) < 4.78 is 5.11. The van der Waals surface area contributed by atoms with E-state index in [1.807, 2.05) is 18.2 Å². The molecule has 64 valence electrons. The molecule has 1 aliphatic rings. The van der Waals surface area contributed by atoms with Gasteiger partial charge in [0.15, 0.2) is 0 Å². The molecule has 1 fully saturated rings. The lowest BCUT2D eigenvalue weighted by atomic mass is 10.1. The van der Waals surface area contributed by atoms with E-state index >= 15 is 0 Å². The van der Waals surface area contributed by atoms with E-state index in [0.29, 0.717) is 6.10 Å². The average Bonchev–Trinajstić information content (AvgIpc) is 2.80. The van der Waals surface area contributed by atoms with Crippen LogP contribution in [-0.2, 0) is 11.2 Å². The van der Waals surface area contributed by atoms with Gasteiger partial charge in [-0.25, -0.2) is 0 Å². The molecule has 1 aromatic carbocycles. The molecule has 0 bridgehead atoms. The zero-order valence-corrected chi connectivity index (χ0v) is 6.79. The third-order valence-electron chi connectivity index (χ3n) is 2.08. The fraction of sp³-hybridized carbons (Fsp3) is 0.333. The quantitative estimate of drug-likeness (QED) is 0.501. The minimum absolute atomic E-state index is 0.344. The molecule has 0 aliphatic carbocycles. The Morgan fingerprint density at radius 2 is 1.92 bits per heavy atom. The molecule has 0 spiro atoms. The molecule has 0 radical (unpaired) electrons. The SMILES string of the molecule is Nc1cccc(N)c1CC1CO1. The Bertz CT molecular complexity index is 274. The second-order valence-corrected chi connectivity index (χ2v) is 3.07. The van der Waals surface area contributed by atoms with Crippen LogP contribution < -0.4 is 11.5 Å². The molecule has 0 aromatic heterocycles. The number of epoxide rings is 1. The Hall–Kier alpha value is -1.22. The monoisotopic (exact) mass is 164 g/mol. The molecular weight excluding hydrogens is 152 g/mol. The van der Waals surface area contributed by atoms with Crippen LogP contribution in [-0.4, -0.2) is 12.7 Å². The van der Waals surface area contributed by atoms with Crippen molar-refractivity contribution in [2.75, 3.05) is 18.1 Å². The van der Waals surface area contributed by atoms with Crippen molar-refractivity contribution >= 4 is 11.4 Å². The second kappa shape index (κ2) is 2.68. The molecule has 1 unspecified atom stereocenters. The molecule has 3 nitrogen and oxygen atoms in total. The van der Waals surface area contributed by atoms with E-state index in [4.69, 9.17) is 16.2 Å². The van der Waals surface area contributed by atoms with E-state index in [9.17, 15) is 0 Å². The molecule has 2 rings (SSSR count). The van der Waals surface area contributed by atoms with Crippen LogP contribution in [0.2, 0.25) is 0 Å². The summed E-state index contributed by atoms with van der Waals surface area (Å²) in [5, 5.41) is 0. The van der Waals surface area contributed by atoms with Gasteiger partial charge in [0.2, 0.25) is 0 Å². The summed E-state index contributed by atoms with van der Waals surface area (Å²) in [4.78, 5) is 0. The molecule has 12 heavy (non-hydrogen) atoms. The van der Waals surface area contributed by atoms with Crippen molar-refractivity contribution in [3.05, 3.63) is 23.8 Å². The van der Waals surface area contributed by atoms with Gasteiger partial charge in [-0.2, -0.15) is 0 Å². The van der Waals surface area contributed by atoms with Crippen LogP contribution in [0.1, 0.15) is 5.56 Å². The smallest absolute Gasteiger partial charge is 0.0851 e. The van der Waals surface area contributed by atoms with Crippen LogP contribution in [0, 0.1) is 0 Å². The first kappa shape index (κ1) is 7.43. The lowest BCUT2D eigenvalue weighted by molar-refractivity contribution is 0.408. The topological polar surface area (TPSA) is 64.6 Å². The van der Waals surface area contributed by atoms with Crippen LogP contribution in [0.4, 0.5) is 11.4 Å². The van der Waals surface area contributed by atoms with E-state index in [-0.39, 0.29) is 0 Å². The highest BCUT2D eigenvalue weighted by Crippen LogP contribution is 2.25. The van der Waals surface area contributed by atoms with E-state index in [1.165, 1.54) is 0 Å². The molecule has 1 aliphatic heterocycles. The third kappa shape index (κ3) is 1.36. The first-order chi connectivity index (χ1) is 5.77. The Morgan fingerprint density at radius 3 is 2.42 bits per heavy atom. The number of nitrogens with two attached hydrogens (primary N) is 2. The van der Waals surface area contributed by atoms with Crippen molar-refractivity contribution < 1.29 is 4.74 Å². The molecule has 1 heterocycles. The van der Waals surface area contributed by atoms with Gasteiger partial charge in [0.05, 0.1) is 12.7 Å². The summed E-state index contributed by atoms with van der Waals surface area (Å²) in [7, 11) is 0. The average molecular weight is 164 g/mol. The van der Waals surface area contributed by atoms with Crippen molar-refractivity contribution in [1.82, 2.24) is 0 Å². The van der Waals surface area contributed by atoms with Crippen LogP contribution >= 0.6 is 0 Å². The second-order valence-electron chi connectivity index (χ2n) is 3.07. The maximum atomic E-state index is 5.76. The number of anilines is 2. The van der Waals surface area contributed by atoms with Crippen molar-refractivity contribution in [2.24, 2.45) is 0 Å². The predicted octanol–water partition coefficient (Wildman–Crippen LogP) is 0.792. The van der Waals surface area contributed by atoms with E-state index in [1.54, 1.807) is 0 Å². The van der Waals surface area contributed by atoms with Crippen LogP contribution in [0.5, 0.6) is 0 Å². The molecule has 4 N–H and O–H groups in total. The first-order valence-corrected chi connectivity index (χ1v) is 4.02. The number of nitrogen functional groups attached to an aromatic ring is 2. The summed E-state index contributed by atoms with van der Waals surface area (Å²) in [6.07, 6.45) is 1.19. The minimum Gasteiger partial charge on any atom is -0.398 e. The number of hydrogen-bond acceptors (Lipinski definition) is 3. The Labute approximate surface area is 71.3 Å². The highest BCUT2D eigenvalue weighted by Gasteiger charge is 2.24. The van der Waals surface area contributed by atoms with Crippen molar-refractivity contribution in [1.29, 1.82) is 0 Å². The summed E-state index contributed by atoms with van der Waals surface area (Å²) in [6, 6.07) is 5.60. The van der Waals surface area contributed by atoms with Gasteiger partial charge in [-0.3, -0.25) is 0 Å². The van der Waals surface area contributed by atoms with Crippen molar-refractivity contribution in [3.8, 4) is 0 Å². The molecule has 3 heteroatoms. The van der Waals surface area contributed by atoms with Gasteiger partial charge in [-0.05, 0) is 12.1 Å². The lowest BCUT2D eigenvalue weighted by Crippen LogP contribution is -2.03. The highest BCUT2D eigenvalue weighted by molar-refractivity contribution is 5.61. The van der Waals surface area contributed by atoms with E-state index in [0.717, 1.165) is 30.0 Å². The number of ether oxygens (including phenoxy) is 1. The van der Waals surface area contributed by atoms with Crippen LogP contribution in [0.15, 0.2) is 18.2 Å². The lowest BCUT2D eigenvalue weighted by Gasteiger charge is -2.06. The Kier molecular flexibility index (Phi) is 1.66. The van der Waals surface area contributed by atoms with Gasteiger partial charge >= 0.3 is 0 Å². The number of rotatable bonds is 2. The molecule has 1 atom stereocenters. The Morgan fingerprint density at radius 1 is 1.33 bits per heavy atom. The van der Waals surface area contributed by atoms with E-state index in [2.05, 4.69) is 0 Å². The number of benzene rings is 1. The van der Waals surface area contributed by atoms with Gasteiger partial charge in [0.25, 0.3) is 0 Å². The van der Waals surface area contributed by atoms with Crippen LogP contribution in [0.3, 0.4) is 0 Å². The van der Waals surface area contributed by atoms with Gasteiger partial charge < -0.3 is 16.2 Å². The van der Waals surface area contributed by atoms with Gasteiger partial charge in [-0.15, -0.1) is 0 Å². The third-order valence-corrected chi connectivity index (χ3v) is 2.08. The fourth-order valence-corrected chi connectivity index (χ4v) is 1.27. The first-order valence-electron chi connectivity index (χ1n) is 4.02. The summed E-state index contributed by atoms with van der Waals surface area (Å²) >= 11 is 0. The fourth-order valence-electron chi connectivity index (χ4n) is 1.27. The molecular formula is C9H12N2O. The van der Waals surface area contributed by atoms with Gasteiger partial charge in [0, 0.05) is 23.4 Å². The largest absolute Gasteiger partial charge is 0.398 e. The van der Waals surface area contributed by atoms with E-state index < -0.39 is 0 Å². The predicted molar refractivity (Wildman–Crippen MR) is 48.7 cm³/mol. The maximum absolute atomic E-state index is 5.76. The Balaban J connectivity index is 2.26. The van der Waals surface area contributed by atoms with Crippen LogP contribution in [0.25, 0.3) is 0 Å². The summed E-state index contributed by atoms with van der Waals surface area (Å²) in [6.45, 7) is 0.841. The molecule has 0 amide bonds. The normalized spacial score (nSPS) is 20.8. The van der Waals surface area contributed by atoms with Gasteiger partial charge in [-0.1, -0.05) is 6.07 Å². The zero-order valence-electron chi connectivity index (χ0n) is 6.79.